The van der Waals surface area contributed by atoms with Crippen LogP contribution in [0.5, 0.6) is 0 Å². The van der Waals surface area contributed by atoms with Crippen molar-refractivity contribution >= 4 is 44.6 Å². The summed E-state index contributed by atoms with van der Waals surface area (Å²) in [5.74, 6) is -0.268. The van der Waals surface area contributed by atoms with E-state index in [9.17, 15) is 39.8 Å². The van der Waals surface area contributed by atoms with E-state index in [1.807, 2.05) is 6.07 Å². The first-order valence-corrected chi connectivity index (χ1v) is 16.8. The summed E-state index contributed by atoms with van der Waals surface area (Å²) < 4.78 is 35.6. The normalized spacial score (nSPS) is 34.2. The number of nitrogens with one attached hydrogen (secondary N) is 1. The van der Waals surface area contributed by atoms with E-state index < -0.39 is 84.2 Å². The Morgan fingerprint density at radius 3 is 2.22 bits per heavy atom. The summed E-state index contributed by atoms with van der Waals surface area (Å²) in [5, 5.41) is 31.6. The zero-order valence-corrected chi connectivity index (χ0v) is 25.0. The Labute approximate surface area is 255 Å². The molecule has 0 radical (unpaired) electrons. The van der Waals surface area contributed by atoms with E-state index in [4.69, 9.17) is 33.3 Å². The molecule has 4 aromatic heterocycles. The van der Waals surface area contributed by atoms with Crippen LogP contribution >= 0.6 is 16.3 Å². The Hall–Kier alpha value is -3.43. The second-order valence-electron chi connectivity index (χ2n) is 10.4. The molecule has 9 N–H and O–H groups in total. The van der Waals surface area contributed by atoms with Gasteiger partial charge in [-0.2, -0.15) is 0 Å². The first-order valence-electron chi connectivity index (χ1n) is 13.4. The van der Waals surface area contributed by atoms with Gasteiger partial charge in [-0.05, 0) is 0 Å². The molecule has 7 heterocycles. The number of nitriles is 1. The molecule has 0 aromatic carbocycles. The Morgan fingerprint density at radius 1 is 0.870 bits per heavy atom. The molecule has 2 bridgehead atoms. The molecule has 7 rings (SSSR count). The zero-order valence-electron chi connectivity index (χ0n) is 23.0. The van der Waals surface area contributed by atoms with Gasteiger partial charge in [0, 0.05) is 0 Å². The number of hydrogen-bond acceptors (Lipinski definition) is 20. The number of hydrogen-bond donors (Lipinski definition) is 8. The Kier molecular flexibility index (Phi) is 7.71. The van der Waals surface area contributed by atoms with Crippen molar-refractivity contribution in [1.29, 1.82) is 5.26 Å². The third-order valence-corrected chi connectivity index (χ3v) is 9.78. The molecule has 248 valence electrons. The predicted molar refractivity (Wildman–Crippen MR) is 150 cm³/mol. The Morgan fingerprint density at radius 2 is 1.50 bits per heavy atom. The van der Waals surface area contributed by atoms with Crippen LogP contribution < -0.4 is 11.3 Å². The maximum absolute atomic E-state index is 12.3. The molecule has 0 saturated carbocycles. The van der Waals surface area contributed by atoms with E-state index in [2.05, 4.69) is 29.9 Å². The number of nitrogens with zero attached hydrogens (tertiary/aromatic N) is 8. The van der Waals surface area contributed by atoms with Gasteiger partial charge < -0.3 is 0 Å². The maximum atomic E-state index is 12.3. The van der Waals surface area contributed by atoms with Gasteiger partial charge in [0.2, 0.25) is 0 Å². The number of imidazole rings is 2. The Bertz CT molecular complexity index is 1900. The van der Waals surface area contributed by atoms with Crippen LogP contribution in [-0.4, -0.2) is 119 Å². The van der Waals surface area contributed by atoms with Crippen LogP contribution in [0, 0.1) is 11.3 Å². The second-order valence-corrected chi connectivity index (χ2v) is 13.7. The van der Waals surface area contributed by atoms with E-state index in [-0.39, 0.29) is 34.0 Å². The summed E-state index contributed by atoms with van der Waals surface area (Å²) in [6, 6.07) is 1.87. The summed E-state index contributed by atoms with van der Waals surface area (Å²) in [7, 11) is -10.4. The minimum atomic E-state index is -5.22. The van der Waals surface area contributed by atoms with Crippen LogP contribution in [0.3, 0.4) is 0 Å². The first kappa shape index (κ1) is 31.2. The number of rotatable bonds is 2. The van der Waals surface area contributed by atoms with Gasteiger partial charge in [0.05, 0.1) is 0 Å². The average Bonchev–Trinajstić information content (AvgIpc) is 3.76. The number of aromatic amines is 1. The standard InChI is InChI=1S/C21H26N10O13P2/c22-1-7-10-16(25-4-24-7)30(5-26-10)19-13(33)14-9(42-19)3-40-46(37,38)44-15-12(32)8(2-39-45(35,36)43-14)41-20(15)31-6-27-11-17(31)28-21(23)29-18(11)34/h4-6,8-9,12-15,19-20,32-33,35-38,45-46H,2-3H2,(H3,23,28,29,34)/t8-,9-,12-,13-,14-,15-,19-,20-/m1/s1. The Balaban J connectivity index is 1.20. The average molecular weight is 688 g/mol. The number of aliphatic hydroxyl groups excluding tert-OH is 2. The molecule has 25 heteroatoms. The second kappa shape index (κ2) is 11.4. The molecule has 0 aliphatic carbocycles. The molecule has 46 heavy (non-hydrogen) atoms. The van der Waals surface area contributed by atoms with Crippen LogP contribution in [0.25, 0.3) is 22.3 Å². The van der Waals surface area contributed by atoms with E-state index in [1.165, 1.54) is 10.9 Å². The van der Waals surface area contributed by atoms with E-state index in [0.717, 1.165) is 17.2 Å². The molecule has 23 nitrogen and oxygen atoms in total. The van der Waals surface area contributed by atoms with Gasteiger partial charge in [-0.1, -0.05) is 0 Å². The monoisotopic (exact) mass is 688 g/mol. The van der Waals surface area contributed by atoms with Gasteiger partial charge in [-0.15, -0.1) is 0 Å². The van der Waals surface area contributed by atoms with Crippen molar-refractivity contribution in [2.75, 3.05) is 18.9 Å². The molecule has 0 amide bonds. The molecule has 3 aliphatic rings. The van der Waals surface area contributed by atoms with Crippen molar-refractivity contribution in [3.05, 3.63) is 35.0 Å². The van der Waals surface area contributed by atoms with E-state index in [0.29, 0.717) is 0 Å². The zero-order chi connectivity index (χ0) is 32.5. The van der Waals surface area contributed by atoms with E-state index in [1.54, 1.807) is 0 Å². The molecule has 3 saturated heterocycles. The summed E-state index contributed by atoms with van der Waals surface area (Å²) in [6.45, 7) is -1.49. The number of nitrogen functional groups attached to an aromatic ring is 1. The van der Waals surface area contributed by atoms with Gasteiger partial charge in [0.25, 0.3) is 0 Å². The number of ether oxygens (including phenoxy) is 2. The number of aromatic nitrogens is 8. The number of H-pyrrole nitrogens is 1. The van der Waals surface area contributed by atoms with Gasteiger partial charge >= 0.3 is 255 Å². The van der Waals surface area contributed by atoms with Crippen molar-refractivity contribution in [2.24, 2.45) is 0 Å². The van der Waals surface area contributed by atoms with Crippen molar-refractivity contribution in [3.63, 3.8) is 0 Å². The van der Waals surface area contributed by atoms with Crippen LogP contribution in [0.4, 0.5) is 5.95 Å². The number of aliphatic hydroxyl groups is 2. The van der Waals surface area contributed by atoms with Crippen LogP contribution in [0.2, 0.25) is 0 Å². The molecule has 3 aliphatic heterocycles. The van der Waals surface area contributed by atoms with Gasteiger partial charge in [0.15, 0.2) is 0 Å². The fraction of sp³-hybridized carbons (Fsp3) is 0.476. The number of fused-ring (bicyclic) bond motifs is 5. The van der Waals surface area contributed by atoms with Crippen molar-refractivity contribution in [1.82, 2.24) is 39.0 Å². The molecular formula is C21H26N10O13P2. The quantitative estimate of drug-likeness (QED) is 0.0948. The third kappa shape index (κ3) is 5.39. The first-order chi connectivity index (χ1) is 21.9. The molecule has 8 atom stereocenters. The van der Waals surface area contributed by atoms with Crippen molar-refractivity contribution < 1.29 is 57.4 Å². The van der Waals surface area contributed by atoms with Gasteiger partial charge in [-0.3, -0.25) is 0 Å². The summed E-state index contributed by atoms with van der Waals surface area (Å²) in [5.41, 5.74) is 4.87. The van der Waals surface area contributed by atoms with Crippen LogP contribution in [0.1, 0.15) is 18.1 Å². The van der Waals surface area contributed by atoms with Crippen LogP contribution in [-0.2, 0) is 27.6 Å². The fourth-order valence-electron chi connectivity index (χ4n) is 5.49. The fourth-order valence-corrected chi connectivity index (χ4v) is 7.64. The topological polar surface area (TPSA) is 334 Å². The number of nitrogens with two attached hydrogens (primary N) is 1. The molecular weight excluding hydrogens is 662 g/mol. The SMILES string of the molecule is N#Cc1ncnc2c1ncn2[C@@H]1O[C@@H]2CO[PH](O)(O)O[C@@H]3[C@H](O)[C@@H](CO[PH](O)(O)O[C@H]2[C@H]1O)O[C@H]3n1cnc2c(=O)[nH]c(N)nc21. The molecule has 4 aromatic rings. The van der Waals surface area contributed by atoms with Crippen LogP contribution in [0.15, 0.2) is 23.8 Å². The summed E-state index contributed by atoms with van der Waals surface area (Å²) in [6.07, 6.45) is -8.81. The summed E-state index contributed by atoms with van der Waals surface area (Å²) >= 11 is 0. The minimum absolute atomic E-state index is 0.0514. The molecule has 0 spiro atoms. The van der Waals surface area contributed by atoms with Gasteiger partial charge in [-0.25, -0.2) is 0 Å². The van der Waals surface area contributed by atoms with E-state index >= 15 is 0 Å². The third-order valence-electron chi connectivity index (χ3n) is 7.54. The van der Waals surface area contributed by atoms with Crippen molar-refractivity contribution in [2.45, 2.75) is 49.1 Å². The summed E-state index contributed by atoms with van der Waals surface area (Å²) in [4.78, 5) is 77.8. The van der Waals surface area contributed by atoms with Crippen molar-refractivity contribution in [3.8, 4) is 6.07 Å². The van der Waals surface area contributed by atoms with Gasteiger partial charge in [0.1, 0.15) is 0 Å². The number of anilines is 1. The molecule has 3 fully saturated rings. The predicted octanol–water partition coefficient (Wildman–Crippen LogP) is -3.46. The molecule has 0 unspecified atom stereocenters.